The summed E-state index contributed by atoms with van der Waals surface area (Å²) in [7, 11) is 0. The largest absolute Gasteiger partial charge is 0.369 e. The molecule has 0 N–H and O–H groups in total. The van der Waals surface area contributed by atoms with Crippen LogP contribution in [0.2, 0.25) is 0 Å². The van der Waals surface area contributed by atoms with Crippen LogP contribution in [-0.2, 0) is 6.42 Å². The first-order valence-electron chi connectivity index (χ1n) is 9.80. The lowest BCUT2D eigenvalue weighted by atomic mass is 9.83. The predicted molar refractivity (Wildman–Crippen MR) is 101 cm³/mol. The lowest BCUT2D eigenvalue weighted by Gasteiger charge is -2.49. The summed E-state index contributed by atoms with van der Waals surface area (Å²) in [6, 6.07) is 11.7. The van der Waals surface area contributed by atoms with Crippen LogP contribution in [0.1, 0.15) is 37.7 Å². The molecular formula is C22H30N2. The molecule has 2 aliphatic heterocycles. The number of allylic oxidation sites excluding steroid dienone is 4. The van der Waals surface area contributed by atoms with Crippen molar-refractivity contribution in [2.75, 3.05) is 26.2 Å². The van der Waals surface area contributed by atoms with Gasteiger partial charge < -0.3 is 4.90 Å². The van der Waals surface area contributed by atoms with Gasteiger partial charge in [-0.3, -0.25) is 4.90 Å². The standard InChI is InChI=1S/C22H30N2/c1-2-8-19(9-3-1)10-6-7-15-23-16-17-24-21(18-23)14-13-20-11-4-5-12-22(20)24/h1-5,8-9,12,20-21H,6-7,10-11,13-18H2. The molecule has 0 aromatic heterocycles. The monoisotopic (exact) mass is 322 g/mol. The van der Waals surface area contributed by atoms with Gasteiger partial charge in [0.1, 0.15) is 0 Å². The van der Waals surface area contributed by atoms with E-state index in [0.717, 1.165) is 12.0 Å². The van der Waals surface area contributed by atoms with Gasteiger partial charge >= 0.3 is 0 Å². The first kappa shape index (κ1) is 16.0. The summed E-state index contributed by atoms with van der Waals surface area (Å²) >= 11 is 0. The van der Waals surface area contributed by atoms with E-state index in [0.29, 0.717) is 0 Å². The van der Waals surface area contributed by atoms with Gasteiger partial charge in [0.05, 0.1) is 0 Å². The summed E-state index contributed by atoms with van der Waals surface area (Å²) in [4.78, 5) is 5.45. The molecule has 2 heteroatoms. The number of hydrogen-bond donors (Lipinski definition) is 0. The van der Waals surface area contributed by atoms with Crippen LogP contribution in [0.3, 0.4) is 0 Å². The Balaban J connectivity index is 1.23. The highest BCUT2D eigenvalue weighted by Gasteiger charge is 2.35. The van der Waals surface area contributed by atoms with Gasteiger partial charge in [0.25, 0.3) is 0 Å². The maximum absolute atomic E-state index is 2.73. The molecule has 0 amide bonds. The Kier molecular flexibility index (Phi) is 5.03. The van der Waals surface area contributed by atoms with E-state index < -0.39 is 0 Å². The minimum Gasteiger partial charge on any atom is -0.369 e. The topological polar surface area (TPSA) is 6.48 Å². The van der Waals surface area contributed by atoms with Gasteiger partial charge in [-0.25, -0.2) is 0 Å². The van der Waals surface area contributed by atoms with Gasteiger partial charge in [0.2, 0.25) is 0 Å². The Labute approximate surface area is 146 Å². The van der Waals surface area contributed by atoms with Crippen molar-refractivity contribution in [2.45, 2.75) is 44.6 Å². The summed E-state index contributed by atoms with van der Waals surface area (Å²) in [5.41, 5.74) is 3.12. The third kappa shape index (κ3) is 3.59. The summed E-state index contributed by atoms with van der Waals surface area (Å²) < 4.78 is 0. The van der Waals surface area contributed by atoms with E-state index in [1.807, 2.05) is 0 Å². The van der Waals surface area contributed by atoms with Gasteiger partial charge in [-0.2, -0.15) is 0 Å². The summed E-state index contributed by atoms with van der Waals surface area (Å²) in [6.07, 6.45) is 14.9. The van der Waals surface area contributed by atoms with Crippen LogP contribution in [0, 0.1) is 5.92 Å². The van der Waals surface area contributed by atoms with E-state index in [9.17, 15) is 0 Å². The number of fused-ring (bicyclic) bond motifs is 3. The van der Waals surface area contributed by atoms with Crippen LogP contribution in [0.4, 0.5) is 0 Å². The molecule has 2 atom stereocenters. The minimum atomic E-state index is 0.766. The van der Waals surface area contributed by atoms with E-state index in [2.05, 4.69) is 58.4 Å². The predicted octanol–water partition coefficient (Wildman–Crippen LogP) is 4.25. The zero-order valence-electron chi connectivity index (χ0n) is 14.7. The van der Waals surface area contributed by atoms with Crippen molar-refractivity contribution in [1.29, 1.82) is 0 Å². The van der Waals surface area contributed by atoms with Crippen LogP contribution in [0.25, 0.3) is 0 Å². The molecule has 0 saturated carbocycles. The fraction of sp³-hybridized carbons (Fsp3) is 0.545. The van der Waals surface area contributed by atoms with Gasteiger partial charge in [-0.1, -0.05) is 42.5 Å². The maximum Gasteiger partial charge on any atom is 0.0415 e. The first-order chi connectivity index (χ1) is 11.9. The van der Waals surface area contributed by atoms with E-state index >= 15 is 0 Å². The lowest BCUT2D eigenvalue weighted by Crippen LogP contribution is -2.55. The Morgan fingerprint density at radius 1 is 1.00 bits per heavy atom. The summed E-state index contributed by atoms with van der Waals surface area (Å²) in [6.45, 7) is 5.04. The Morgan fingerprint density at radius 3 is 2.83 bits per heavy atom. The van der Waals surface area contributed by atoms with Crippen LogP contribution in [-0.4, -0.2) is 42.0 Å². The van der Waals surface area contributed by atoms with Crippen molar-refractivity contribution in [2.24, 2.45) is 5.92 Å². The Bertz CT molecular complexity index is 589. The number of benzene rings is 1. The van der Waals surface area contributed by atoms with Crippen molar-refractivity contribution < 1.29 is 0 Å². The third-order valence-corrected chi connectivity index (χ3v) is 6.02. The molecule has 0 spiro atoms. The van der Waals surface area contributed by atoms with Gasteiger partial charge in [0.15, 0.2) is 0 Å². The third-order valence-electron chi connectivity index (χ3n) is 6.02. The second-order valence-electron chi connectivity index (χ2n) is 7.62. The zero-order chi connectivity index (χ0) is 16.2. The number of aryl methyl sites for hydroxylation is 1. The molecule has 1 aromatic carbocycles. The molecule has 4 rings (SSSR count). The smallest absolute Gasteiger partial charge is 0.0415 e. The van der Waals surface area contributed by atoms with E-state index in [4.69, 9.17) is 0 Å². The Hall–Kier alpha value is -1.54. The second kappa shape index (κ2) is 7.57. The molecule has 0 radical (unpaired) electrons. The van der Waals surface area contributed by atoms with E-state index in [1.54, 1.807) is 5.70 Å². The van der Waals surface area contributed by atoms with Crippen molar-refractivity contribution >= 4 is 0 Å². The molecule has 1 aromatic rings. The van der Waals surface area contributed by atoms with Gasteiger partial charge in [-0.05, 0) is 56.7 Å². The molecule has 3 aliphatic rings. The molecular weight excluding hydrogens is 292 g/mol. The summed E-state index contributed by atoms with van der Waals surface area (Å²) in [5, 5.41) is 0. The average Bonchev–Trinajstić information content (AvgIpc) is 2.66. The lowest BCUT2D eigenvalue weighted by molar-refractivity contribution is 0.0615. The molecule has 2 nitrogen and oxygen atoms in total. The maximum atomic E-state index is 2.73. The van der Waals surface area contributed by atoms with E-state index in [1.165, 1.54) is 70.3 Å². The van der Waals surface area contributed by atoms with E-state index in [-0.39, 0.29) is 0 Å². The zero-order valence-corrected chi connectivity index (χ0v) is 14.7. The number of hydrogen-bond acceptors (Lipinski definition) is 2. The number of rotatable bonds is 5. The molecule has 2 saturated heterocycles. The molecule has 128 valence electrons. The van der Waals surface area contributed by atoms with Crippen molar-refractivity contribution in [3.8, 4) is 0 Å². The summed E-state index contributed by atoms with van der Waals surface area (Å²) in [5.74, 6) is 0.809. The van der Waals surface area contributed by atoms with Gasteiger partial charge in [0, 0.05) is 37.3 Å². The first-order valence-corrected chi connectivity index (χ1v) is 9.80. The molecule has 2 fully saturated rings. The van der Waals surface area contributed by atoms with Crippen LogP contribution < -0.4 is 0 Å². The fourth-order valence-electron chi connectivity index (χ4n) is 4.67. The second-order valence-corrected chi connectivity index (χ2v) is 7.62. The Morgan fingerprint density at radius 2 is 1.92 bits per heavy atom. The number of unbranched alkanes of at least 4 members (excludes halogenated alkanes) is 1. The van der Waals surface area contributed by atoms with Crippen LogP contribution >= 0.6 is 0 Å². The minimum absolute atomic E-state index is 0.766. The number of nitrogens with zero attached hydrogens (tertiary/aromatic N) is 2. The highest BCUT2D eigenvalue weighted by molar-refractivity contribution is 5.23. The van der Waals surface area contributed by atoms with Crippen molar-refractivity contribution in [3.63, 3.8) is 0 Å². The highest BCUT2D eigenvalue weighted by atomic mass is 15.3. The molecule has 2 unspecified atom stereocenters. The SMILES string of the molecule is C1=CCC2CCC3CN(CCCCc4ccccc4)CCN3C2=C1. The number of piperazine rings is 1. The van der Waals surface area contributed by atoms with Gasteiger partial charge in [-0.15, -0.1) is 0 Å². The fourth-order valence-corrected chi connectivity index (χ4v) is 4.67. The van der Waals surface area contributed by atoms with Crippen LogP contribution in [0.5, 0.6) is 0 Å². The highest BCUT2D eigenvalue weighted by Crippen LogP contribution is 2.37. The van der Waals surface area contributed by atoms with Crippen molar-refractivity contribution in [1.82, 2.24) is 9.80 Å². The van der Waals surface area contributed by atoms with Crippen molar-refractivity contribution in [3.05, 3.63) is 59.8 Å². The average molecular weight is 322 g/mol. The number of piperidine rings is 1. The molecule has 2 heterocycles. The quantitative estimate of drug-likeness (QED) is 0.748. The van der Waals surface area contributed by atoms with Crippen LogP contribution in [0.15, 0.2) is 54.3 Å². The molecule has 1 aliphatic carbocycles. The molecule has 24 heavy (non-hydrogen) atoms. The molecule has 0 bridgehead atoms. The normalized spacial score (nSPS) is 26.7.